The molecule has 2 N–H and O–H groups in total. The Morgan fingerprint density at radius 1 is 0.900 bits per heavy atom. The third kappa shape index (κ3) is 1.69. The molecule has 0 spiro atoms. The molecule has 100 valence electrons. The van der Waals surface area contributed by atoms with E-state index in [1.165, 1.54) is 4.90 Å². The van der Waals surface area contributed by atoms with Crippen LogP contribution in [0.5, 0.6) is 0 Å². The fraction of sp³-hybridized carbons (Fsp3) is 0.125. The lowest BCUT2D eigenvalue weighted by Gasteiger charge is -2.15. The van der Waals surface area contributed by atoms with Crippen molar-refractivity contribution in [1.29, 1.82) is 0 Å². The molecule has 0 aromatic heterocycles. The minimum atomic E-state index is -0.298. The van der Waals surface area contributed by atoms with Crippen LogP contribution in [-0.2, 0) is 0 Å². The summed E-state index contributed by atoms with van der Waals surface area (Å²) in [5.41, 5.74) is 9.70. The molecule has 0 fully saturated rings. The molecule has 0 saturated carbocycles. The van der Waals surface area contributed by atoms with Crippen molar-refractivity contribution in [2.24, 2.45) is 0 Å². The van der Waals surface area contributed by atoms with Gasteiger partial charge in [-0.25, -0.2) is 4.90 Å². The molecule has 20 heavy (non-hydrogen) atoms. The summed E-state index contributed by atoms with van der Waals surface area (Å²) in [7, 11) is 0. The fourth-order valence-corrected chi connectivity index (χ4v) is 2.36. The highest BCUT2D eigenvalue weighted by Gasteiger charge is 2.36. The molecule has 0 unspecified atom stereocenters. The van der Waals surface area contributed by atoms with E-state index >= 15 is 0 Å². The lowest BCUT2D eigenvalue weighted by Crippen LogP contribution is -2.29. The van der Waals surface area contributed by atoms with E-state index in [9.17, 15) is 9.59 Å². The van der Waals surface area contributed by atoms with Crippen LogP contribution in [0.15, 0.2) is 36.4 Å². The summed E-state index contributed by atoms with van der Waals surface area (Å²) in [6.07, 6.45) is 0. The normalized spacial score (nSPS) is 13.8. The van der Waals surface area contributed by atoms with E-state index in [4.69, 9.17) is 5.73 Å². The van der Waals surface area contributed by atoms with Gasteiger partial charge in [-0.1, -0.05) is 17.7 Å². The van der Waals surface area contributed by atoms with Gasteiger partial charge in [0.25, 0.3) is 11.8 Å². The van der Waals surface area contributed by atoms with Crippen molar-refractivity contribution in [2.75, 3.05) is 10.6 Å². The first-order valence-electron chi connectivity index (χ1n) is 6.34. The lowest BCUT2D eigenvalue weighted by molar-refractivity contribution is 0.0926. The maximum absolute atomic E-state index is 12.4. The van der Waals surface area contributed by atoms with Gasteiger partial charge in [0.2, 0.25) is 0 Å². The lowest BCUT2D eigenvalue weighted by atomic mass is 10.1. The van der Waals surface area contributed by atoms with Crippen LogP contribution in [0.2, 0.25) is 0 Å². The monoisotopic (exact) mass is 266 g/mol. The standard InChI is InChI=1S/C16H14N2O2/c1-9-3-6-12-13(7-9)16(20)18(15(12)19)11-5-4-10(2)14(17)8-11/h3-8H,17H2,1-2H3. The predicted molar refractivity (Wildman–Crippen MR) is 77.9 cm³/mol. The molecule has 0 atom stereocenters. The van der Waals surface area contributed by atoms with E-state index in [0.29, 0.717) is 22.5 Å². The highest BCUT2D eigenvalue weighted by atomic mass is 16.2. The van der Waals surface area contributed by atoms with Crippen molar-refractivity contribution in [3.63, 3.8) is 0 Å². The van der Waals surface area contributed by atoms with Crippen LogP contribution >= 0.6 is 0 Å². The van der Waals surface area contributed by atoms with E-state index in [1.54, 1.807) is 30.3 Å². The third-order valence-electron chi connectivity index (χ3n) is 3.56. The van der Waals surface area contributed by atoms with Gasteiger partial charge in [0.1, 0.15) is 0 Å². The topological polar surface area (TPSA) is 63.4 Å². The molecular weight excluding hydrogens is 252 g/mol. The second kappa shape index (κ2) is 4.20. The zero-order valence-electron chi connectivity index (χ0n) is 11.3. The maximum atomic E-state index is 12.4. The van der Waals surface area contributed by atoms with Gasteiger partial charge in [-0.3, -0.25) is 9.59 Å². The molecule has 0 bridgehead atoms. The van der Waals surface area contributed by atoms with Gasteiger partial charge in [0.15, 0.2) is 0 Å². The molecule has 4 nitrogen and oxygen atoms in total. The van der Waals surface area contributed by atoms with Gasteiger partial charge in [0.05, 0.1) is 16.8 Å². The minimum absolute atomic E-state index is 0.294. The molecule has 2 aromatic rings. The Bertz CT molecular complexity index is 750. The second-order valence-electron chi connectivity index (χ2n) is 5.04. The zero-order chi connectivity index (χ0) is 14.4. The Kier molecular flexibility index (Phi) is 2.61. The summed E-state index contributed by atoms with van der Waals surface area (Å²) < 4.78 is 0. The van der Waals surface area contributed by atoms with Gasteiger partial charge in [-0.05, 0) is 43.7 Å². The molecule has 0 saturated heterocycles. The van der Waals surface area contributed by atoms with Crippen LogP contribution in [0.3, 0.4) is 0 Å². The molecule has 1 heterocycles. The van der Waals surface area contributed by atoms with Gasteiger partial charge >= 0.3 is 0 Å². The van der Waals surface area contributed by atoms with Crippen molar-refractivity contribution >= 4 is 23.2 Å². The average Bonchev–Trinajstić information content (AvgIpc) is 2.65. The van der Waals surface area contributed by atoms with E-state index < -0.39 is 0 Å². The fourth-order valence-electron chi connectivity index (χ4n) is 2.36. The van der Waals surface area contributed by atoms with Gasteiger partial charge in [0, 0.05) is 5.69 Å². The minimum Gasteiger partial charge on any atom is -0.398 e. The van der Waals surface area contributed by atoms with Crippen LogP contribution in [0.25, 0.3) is 0 Å². The number of fused-ring (bicyclic) bond motifs is 1. The first-order chi connectivity index (χ1) is 9.49. The Morgan fingerprint density at radius 2 is 1.60 bits per heavy atom. The Morgan fingerprint density at radius 3 is 2.30 bits per heavy atom. The molecule has 0 radical (unpaired) electrons. The summed E-state index contributed by atoms with van der Waals surface area (Å²) in [5.74, 6) is -0.592. The molecule has 1 aliphatic rings. The summed E-state index contributed by atoms with van der Waals surface area (Å²) in [5, 5.41) is 0. The number of hydrogen-bond acceptors (Lipinski definition) is 3. The predicted octanol–water partition coefficient (Wildman–Crippen LogP) is 2.69. The summed E-state index contributed by atoms with van der Waals surface area (Å²) >= 11 is 0. The summed E-state index contributed by atoms with van der Waals surface area (Å²) in [4.78, 5) is 26.0. The van der Waals surface area contributed by atoms with Crippen molar-refractivity contribution < 1.29 is 9.59 Å². The van der Waals surface area contributed by atoms with Gasteiger partial charge in [-0.2, -0.15) is 0 Å². The Hall–Kier alpha value is -2.62. The smallest absolute Gasteiger partial charge is 0.266 e. The average molecular weight is 266 g/mol. The number of rotatable bonds is 1. The van der Waals surface area contributed by atoms with Crippen molar-refractivity contribution in [2.45, 2.75) is 13.8 Å². The van der Waals surface area contributed by atoms with Crippen LogP contribution in [0, 0.1) is 13.8 Å². The Labute approximate surface area is 116 Å². The van der Waals surface area contributed by atoms with Crippen LogP contribution in [0.1, 0.15) is 31.8 Å². The molecule has 1 aliphatic heterocycles. The largest absolute Gasteiger partial charge is 0.398 e. The molecule has 3 rings (SSSR count). The van der Waals surface area contributed by atoms with E-state index in [2.05, 4.69) is 0 Å². The summed E-state index contributed by atoms with van der Waals surface area (Å²) in [6, 6.07) is 10.5. The molecule has 2 amide bonds. The van der Waals surface area contributed by atoms with Crippen LogP contribution < -0.4 is 10.6 Å². The molecular formula is C16H14N2O2. The molecule has 4 heteroatoms. The van der Waals surface area contributed by atoms with Crippen molar-refractivity contribution in [3.05, 3.63) is 58.7 Å². The number of carbonyl (C=O) groups excluding carboxylic acids is 2. The SMILES string of the molecule is Cc1ccc2c(c1)C(=O)N(c1ccc(C)c(N)c1)C2=O. The van der Waals surface area contributed by atoms with E-state index in [0.717, 1.165) is 11.1 Å². The maximum Gasteiger partial charge on any atom is 0.266 e. The summed E-state index contributed by atoms with van der Waals surface area (Å²) in [6.45, 7) is 3.77. The van der Waals surface area contributed by atoms with Crippen molar-refractivity contribution in [3.8, 4) is 0 Å². The van der Waals surface area contributed by atoms with E-state index in [1.807, 2.05) is 19.9 Å². The number of hydrogen-bond donors (Lipinski definition) is 1. The van der Waals surface area contributed by atoms with E-state index in [-0.39, 0.29) is 11.8 Å². The van der Waals surface area contributed by atoms with Crippen LogP contribution in [0.4, 0.5) is 11.4 Å². The zero-order valence-corrected chi connectivity index (χ0v) is 11.3. The number of amides is 2. The Balaban J connectivity index is 2.11. The van der Waals surface area contributed by atoms with Crippen molar-refractivity contribution in [1.82, 2.24) is 0 Å². The number of nitrogens with zero attached hydrogens (tertiary/aromatic N) is 1. The highest BCUT2D eigenvalue weighted by Crippen LogP contribution is 2.30. The third-order valence-corrected chi connectivity index (χ3v) is 3.56. The number of carbonyl (C=O) groups is 2. The van der Waals surface area contributed by atoms with Gasteiger partial charge in [-0.15, -0.1) is 0 Å². The second-order valence-corrected chi connectivity index (χ2v) is 5.04. The van der Waals surface area contributed by atoms with Gasteiger partial charge < -0.3 is 5.73 Å². The first kappa shape index (κ1) is 12.4. The number of benzene rings is 2. The molecule has 2 aromatic carbocycles. The number of aryl methyl sites for hydroxylation is 2. The highest BCUT2D eigenvalue weighted by molar-refractivity contribution is 6.34. The molecule has 0 aliphatic carbocycles. The number of imide groups is 1. The quantitative estimate of drug-likeness (QED) is 0.637. The number of anilines is 2. The number of nitrogen functional groups attached to an aromatic ring is 1. The van der Waals surface area contributed by atoms with Crippen LogP contribution in [-0.4, -0.2) is 11.8 Å². The number of nitrogens with two attached hydrogens (primary N) is 1. The first-order valence-corrected chi connectivity index (χ1v) is 6.34.